The number of hydrogen-bond donors (Lipinski definition) is 17. The van der Waals surface area contributed by atoms with E-state index in [0.29, 0.717) is 75.8 Å². The third-order valence-corrected chi connectivity index (χ3v) is 27.8. The van der Waals surface area contributed by atoms with E-state index in [1.54, 1.807) is 39.7 Å². The minimum atomic E-state index is -1.45. The van der Waals surface area contributed by atoms with Crippen LogP contribution < -0.4 is 53.2 Å². The van der Waals surface area contributed by atoms with E-state index in [1.165, 1.54) is 19.3 Å². The number of urea groups is 5. The van der Waals surface area contributed by atoms with Gasteiger partial charge in [0, 0.05) is 102 Å². The lowest BCUT2D eigenvalue weighted by molar-refractivity contribution is -0.132. The Morgan fingerprint density at radius 1 is 0.432 bits per heavy atom. The Bertz CT molecular complexity index is 3730. The van der Waals surface area contributed by atoms with Crippen LogP contribution in [0, 0.1) is 0 Å². The summed E-state index contributed by atoms with van der Waals surface area (Å²) in [5, 5.41) is 99.0. The number of rotatable bonds is 22. The van der Waals surface area contributed by atoms with Crippen LogP contribution in [0.4, 0.5) is 24.0 Å². The Morgan fingerprint density at radius 2 is 0.757 bits per heavy atom. The minimum Gasteiger partial charge on any atom is -0.388 e. The summed E-state index contributed by atoms with van der Waals surface area (Å²) < 4.78 is 46.7. The molecule has 30 nitrogen and oxygen atoms in total. The molecule has 11 aliphatic rings. The predicted molar refractivity (Wildman–Crippen MR) is 453 cm³/mol. The number of aliphatic hydroxyl groups excluding tert-OH is 6. The first-order chi connectivity index (χ1) is 50.7. The van der Waals surface area contributed by atoms with Gasteiger partial charge in [0.1, 0.15) is 96.7 Å². The molecule has 11 aliphatic heterocycles. The minimum absolute atomic E-state index is 0. The summed E-state index contributed by atoms with van der Waals surface area (Å²) in [7, 11) is 3.09. The molecule has 0 aliphatic carbocycles. The van der Waals surface area contributed by atoms with E-state index < -0.39 is 143 Å². The fraction of sp³-hybridized carbons (Fsp3) is 0.605. The Hall–Kier alpha value is -5.35. The van der Waals surface area contributed by atoms with Gasteiger partial charge < -0.3 is 127 Å². The second-order valence-electron chi connectivity index (χ2n) is 33.5. The number of hydrogen-bond acceptors (Lipinski definition) is 20. The van der Waals surface area contributed by atoms with Gasteiger partial charge in [0.2, 0.25) is 0 Å². The first kappa shape index (κ1) is 94.5. The molecular weight excluding hydrogens is 1530 g/mol. The fourth-order valence-corrected chi connectivity index (χ4v) is 18.8. The highest BCUT2D eigenvalue weighted by atomic mass is 31.2. The zero-order valence-corrected chi connectivity index (χ0v) is 70.7. The Labute approximate surface area is 656 Å². The number of nitrogens with one attached hydrogen (secondary N) is 10. The molecule has 20 atom stereocenters. The molecule has 17 N–H and O–H groups in total. The number of ether oxygens (including phenoxy) is 8. The van der Waals surface area contributed by atoms with Crippen LogP contribution in [0.1, 0.15) is 53.4 Å². The molecule has 0 saturated carbocycles. The fourth-order valence-electron chi connectivity index (χ4n) is 13.9. The molecule has 11 heterocycles. The first-order valence-corrected chi connectivity index (χ1v) is 51.5. The van der Waals surface area contributed by atoms with Crippen molar-refractivity contribution in [2.24, 2.45) is 0 Å². The molecule has 111 heavy (non-hydrogen) atoms. The molecular formula is C76H127N10O20P5. The zero-order valence-electron chi connectivity index (χ0n) is 66.2. The maximum absolute atomic E-state index is 11.3. The summed E-state index contributed by atoms with van der Waals surface area (Å²) in [6.07, 6.45) is 26.0. The van der Waals surface area contributed by atoms with E-state index in [-0.39, 0.29) is 49.8 Å². The SMILES string of the molecule is C.C=C1NC(=O)NC=C1[C@@H]1O[C@@]2(CCP(=C)(C)C)CO[C@@H]1[C@@H]2O.C=C1NC(=O)NC=C1[C@@H]1O[C@H](CCP(=C)(C)C)[C@@H](O)[C@@]1(C)O.C=C1NC(=O)NC=C1[C@@H]1O[C@H](CCP(=C)(C)C)[C@@H](O)[C@H]1OC.C=C1NC(=O)NC=C1[C@@H]1O[C@H](CCP(=C)(C)C)[C@@H](O)[C@H]1OC.C=C1NC(=O)NC=C1[C@@H]1O[C@](C)(CCP(=C)(C)C)[C@@H](O)[C@H]1O. The van der Waals surface area contributed by atoms with Gasteiger partial charge in [0.05, 0.1) is 30.5 Å². The molecule has 0 aromatic carbocycles. The van der Waals surface area contributed by atoms with Gasteiger partial charge in [-0.3, -0.25) is 0 Å². The van der Waals surface area contributed by atoms with Crippen LogP contribution in [0.15, 0.2) is 120 Å². The summed E-state index contributed by atoms with van der Waals surface area (Å²) in [6, 6.07) is -1.75. The van der Waals surface area contributed by atoms with E-state index in [4.69, 9.17) is 37.9 Å². The molecule has 0 aromatic heterocycles. The van der Waals surface area contributed by atoms with Gasteiger partial charge in [0.15, 0.2) is 0 Å². The average Bonchev–Trinajstić information content (AvgIpc) is 1.57. The monoisotopic (exact) mass is 1650 g/mol. The van der Waals surface area contributed by atoms with Crippen LogP contribution in [0.5, 0.6) is 0 Å². The Morgan fingerprint density at radius 3 is 1.10 bits per heavy atom. The van der Waals surface area contributed by atoms with Crippen molar-refractivity contribution >= 4 is 96.1 Å². The molecule has 626 valence electrons. The lowest BCUT2D eigenvalue weighted by Gasteiger charge is -2.34. The first-order valence-electron chi connectivity index (χ1n) is 36.2. The van der Waals surface area contributed by atoms with Gasteiger partial charge in [-0.2, -0.15) is 0 Å². The summed E-state index contributed by atoms with van der Waals surface area (Å²) >= 11 is 0. The van der Waals surface area contributed by atoms with Crippen LogP contribution in [0.25, 0.3) is 0 Å². The molecule has 35 heteroatoms. The van der Waals surface area contributed by atoms with Gasteiger partial charge in [-0.05, 0) is 143 Å². The molecule has 11 rings (SSSR count). The molecule has 0 radical (unpaired) electrons. The molecule has 0 aromatic rings. The lowest BCUT2D eigenvalue weighted by atomic mass is 9.87. The summed E-state index contributed by atoms with van der Waals surface area (Å²) in [5.74, 6) is 0. The van der Waals surface area contributed by atoms with Gasteiger partial charge >= 0.3 is 30.2 Å². The molecule has 0 unspecified atom stereocenters. The number of methoxy groups -OCH3 is 2. The van der Waals surface area contributed by atoms with E-state index in [1.807, 2.05) is 0 Å². The second kappa shape index (κ2) is 37.7. The number of carbonyl (C=O) groups is 5. The van der Waals surface area contributed by atoms with Crippen LogP contribution in [0.2, 0.25) is 0 Å². The number of amides is 10. The highest BCUT2D eigenvalue weighted by Gasteiger charge is 2.62. The number of fused-ring (bicyclic) bond motifs is 2. The molecule has 2 bridgehead atoms. The Kier molecular flexibility index (Phi) is 32.1. The van der Waals surface area contributed by atoms with Crippen molar-refractivity contribution in [1.82, 2.24) is 53.2 Å². The summed E-state index contributed by atoms with van der Waals surface area (Å²) in [4.78, 5) is 56.3. The van der Waals surface area contributed by atoms with Crippen LogP contribution >= 0.6 is 34.4 Å². The van der Waals surface area contributed by atoms with Gasteiger partial charge in [0.25, 0.3) is 0 Å². The van der Waals surface area contributed by atoms with Crippen molar-refractivity contribution in [3.8, 4) is 0 Å². The third kappa shape index (κ3) is 24.6. The van der Waals surface area contributed by atoms with E-state index in [0.717, 1.165) is 50.1 Å². The maximum atomic E-state index is 11.3. The van der Waals surface area contributed by atoms with Crippen LogP contribution in [-0.4, -0.2) is 336 Å². The predicted octanol–water partition coefficient (Wildman–Crippen LogP) is 4.56. The molecule has 6 fully saturated rings. The van der Waals surface area contributed by atoms with Gasteiger partial charge in [-0.15, -0.1) is 65.9 Å². The molecule has 0 spiro atoms. The molecule has 10 amide bonds. The smallest absolute Gasteiger partial charge is 0.323 e. The summed E-state index contributed by atoms with van der Waals surface area (Å²) in [5.41, 5.74) is 2.36. The van der Waals surface area contributed by atoms with Crippen molar-refractivity contribution in [2.45, 2.75) is 174 Å². The van der Waals surface area contributed by atoms with E-state index >= 15 is 0 Å². The van der Waals surface area contributed by atoms with Crippen molar-refractivity contribution in [2.75, 3.05) is 118 Å². The van der Waals surface area contributed by atoms with Gasteiger partial charge in [-0.25, -0.2) is 24.0 Å². The number of carbonyl (C=O) groups excluding carboxylic acids is 5. The van der Waals surface area contributed by atoms with Gasteiger partial charge in [-0.1, -0.05) is 40.3 Å². The van der Waals surface area contributed by atoms with Crippen LogP contribution in [0.3, 0.4) is 0 Å². The van der Waals surface area contributed by atoms with Crippen molar-refractivity contribution < 1.29 is 97.6 Å². The normalized spacial score (nSPS) is 34.6. The molecule has 6 saturated heterocycles. The third-order valence-electron chi connectivity index (χ3n) is 20.5. The second-order valence-corrected chi connectivity index (χ2v) is 55.0. The summed E-state index contributed by atoms with van der Waals surface area (Å²) in [6.45, 7) is 38.2. The quantitative estimate of drug-likeness (QED) is 0.0661. The largest absolute Gasteiger partial charge is 0.388 e. The van der Waals surface area contributed by atoms with Crippen molar-refractivity contribution in [3.05, 3.63) is 120 Å². The van der Waals surface area contributed by atoms with E-state index in [2.05, 4.69) is 184 Å². The average molecular weight is 1660 g/mol. The van der Waals surface area contributed by atoms with Crippen LogP contribution in [-0.2, 0) is 37.9 Å². The maximum Gasteiger partial charge on any atom is 0.323 e. The lowest BCUT2D eigenvalue weighted by Crippen LogP contribution is -2.49. The standard InChI is InChI=1S/C15H23N2O4P.4C15H25N2O4P.CH4/c1-9-10(7-16-14(19)17-9)11-12-13(18)15(21-11,8-20-12)5-6-22(2,3)4;1-9-10(8-16-14(20)17-9)12-11(18)13(19)15(2,21-12)6-7-22(3,4)5;1-9-10(8-16-14(19)17-9)13-15(2,20)12(18)11(21-13)6-7-22(3,4)5;2*1-9-10(8-16-15(19)17-9)13-14(20-2)12(18)11(21-13)6-7-22(3,4)5;/h7,11-13,18H,1-2,5-6,8H2,3-4H3,(H2,16,17,19);8,11-13,18-19H,1,3,6-7H2,2,4-5H3,(H2,16,17,20);8,11-13,18,20H,1,3,6-7H2,2,4-5H3,(H2,16,17,19);2*8,11-14,18H,1,3,6-7H2,2,4-5H3,(H2,16,17,19);1H4/t11-,12-,13-,15-;11-,12-,13-,15+;11-,12-,13+,15-;2*11-,12-,13+,14-;/m00111./s1. The highest BCUT2D eigenvalue weighted by Crippen LogP contribution is 2.50. The Balaban J connectivity index is 0.000000216. The van der Waals surface area contributed by atoms with Crippen molar-refractivity contribution in [3.63, 3.8) is 0 Å². The highest BCUT2D eigenvalue weighted by molar-refractivity contribution is 7.73. The van der Waals surface area contributed by atoms with E-state index in [9.17, 15) is 59.7 Å². The van der Waals surface area contributed by atoms with Crippen molar-refractivity contribution in [1.29, 1.82) is 0 Å². The topological polar surface area (TPSA) is 421 Å². The zero-order chi connectivity index (χ0) is 82.5. The number of aliphatic hydroxyl groups is 7.